The van der Waals surface area contributed by atoms with Gasteiger partial charge in [0.1, 0.15) is 11.6 Å². The molecule has 0 saturated heterocycles. The Balaban J connectivity index is 2.81. The van der Waals surface area contributed by atoms with E-state index in [1.54, 1.807) is 7.05 Å². The van der Waals surface area contributed by atoms with Crippen molar-refractivity contribution < 1.29 is 8.78 Å². The van der Waals surface area contributed by atoms with Crippen LogP contribution in [-0.4, -0.2) is 7.05 Å². The van der Waals surface area contributed by atoms with E-state index >= 15 is 0 Å². The molecular formula is C13H17F2N. The Hall–Kier alpha value is -1.22. The van der Waals surface area contributed by atoms with E-state index < -0.39 is 11.6 Å². The summed E-state index contributed by atoms with van der Waals surface area (Å²) in [7, 11) is 1.71. The van der Waals surface area contributed by atoms with E-state index in [1.165, 1.54) is 18.2 Å². The van der Waals surface area contributed by atoms with Gasteiger partial charge >= 0.3 is 0 Å². The topological polar surface area (TPSA) is 12.0 Å². The fraction of sp³-hybridized carbons (Fsp3) is 0.385. The minimum Gasteiger partial charge on any atom is -0.313 e. The molecule has 0 aromatic heterocycles. The molecule has 0 amide bonds. The lowest BCUT2D eigenvalue weighted by Crippen LogP contribution is -2.19. The predicted molar refractivity (Wildman–Crippen MR) is 62.2 cm³/mol. The van der Waals surface area contributed by atoms with E-state index in [-0.39, 0.29) is 11.6 Å². The molecule has 1 rings (SSSR count). The molecule has 88 valence electrons. The Kier molecular flexibility index (Phi) is 5.12. The van der Waals surface area contributed by atoms with Crippen molar-refractivity contribution in [1.29, 1.82) is 0 Å². The van der Waals surface area contributed by atoms with Crippen LogP contribution in [0.2, 0.25) is 0 Å². The summed E-state index contributed by atoms with van der Waals surface area (Å²) in [5, 5.41) is 2.94. The highest BCUT2D eigenvalue weighted by atomic mass is 19.1. The number of hydrogen-bond donors (Lipinski definition) is 1. The SMILES string of the molecule is C=CCCCC(NC)c1c(F)cccc1F. The average molecular weight is 225 g/mol. The molecule has 0 aliphatic rings. The lowest BCUT2D eigenvalue weighted by atomic mass is 10.00. The lowest BCUT2D eigenvalue weighted by Gasteiger charge is -2.17. The second-order valence-corrected chi connectivity index (χ2v) is 3.70. The Bertz CT molecular complexity index is 330. The zero-order valence-electron chi connectivity index (χ0n) is 9.47. The number of benzene rings is 1. The maximum Gasteiger partial charge on any atom is 0.130 e. The van der Waals surface area contributed by atoms with Crippen molar-refractivity contribution >= 4 is 0 Å². The predicted octanol–water partition coefficient (Wildman–Crippen LogP) is 3.58. The van der Waals surface area contributed by atoms with Crippen molar-refractivity contribution in [2.75, 3.05) is 7.05 Å². The Morgan fingerprint density at radius 1 is 1.38 bits per heavy atom. The number of unbranched alkanes of at least 4 members (excludes halogenated alkanes) is 1. The van der Waals surface area contributed by atoms with Crippen molar-refractivity contribution in [2.45, 2.75) is 25.3 Å². The van der Waals surface area contributed by atoms with Crippen molar-refractivity contribution in [3.8, 4) is 0 Å². The minimum absolute atomic E-state index is 0.133. The summed E-state index contributed by atoms with van der Waals surface area (Å²) in [5.41, 5.74) is 0.133. The molecule has 3 heteroatoms. The third kappa shape index (κ3) is 3.14. The molecule has 1 atom stereocenters. The van der Waals surface area contributed by atoms with Gasteiger partial charge in [-0.2, -0.15) is 0 Å². The molecule has 0 spiro atoms. The Morgan fingerprint density at radius 3 is 2.50 bits per heavy atom. The fourth-order valence-corrected chi connectivity index (χ4v) is 1.74. The van der Waals surface area contributed by atoms with Gasteiger partial charge in [0, 0.05) is 11.6 Å². The van der Waals surface area contributed by atoms with Gasteiger partial charge in [-0.05, 0) is 38.4 Å². The number of halogens is 2. The molecule has 0 saturated carbocycles. The Morgan fingerprint density at radius 2 is 2.00 bits per heavy atom. The van der Waals surface area contributed by atoms with Crippen LogP contribution in [0.25, 0.3) is 0 Å². The molecule has 1 N–H and O–H groups in total. The van der Waals surface area contributed by atoms with Crippen molar-refractivity contribution in [2.24, 2.45) is 0 Å². The van der Waals surface area contributed by atoms with E-state index in [0.717, 1.165) is 12.8 Å². The van der Waals surface area contributed by atoms with Crippen LogP contribution in [0.5, 0.6) is 0 Å². The average Bonchev–Trinajstić information content (AvgIpc) is 2.26. The van der Waals surface area contributed by atoms with Crippen LogP contribution >= 0.6 is 0 Å². The highest BCUT2D eigenvalue weighted by molar-refractivity contribution is 5.23. The number of hydrogen-bond acceptors (Lipinski definition) is 1. The van der Waals surface area contributed by atoms with Crippen LogP contribution in [0, 0.1) is 11.6 Å². The summed E-state index contributed by atoms with van der Waals surface area (Å²) in [6.45, 7) is 3.62. The van der Waals surface area contributed by atoms with Gasteiger partial charge in [-0.15, -0.1) is 6.58 Å². The molecule has 0 aliphatic carbocycles. The van der Waals surface area contributed by atoms with Crippen LogP contribution < -0.4 is 5.32 Å². The molecular weight excluding hydrogens is 208 g/mol. The van der Waals surface area contributed by atoms with Gasteiger partial charge in [-0.3, -0.25) is 0 Å². The summed E-state index contributed by atoms with van der Waals surface area (Å²) in [4.78, 5) is 0. The zero-order chi connectivity index (χ0) is 12.0. The van der Waals surface area contributed by atoms with Gasteiger partial charge in [0.25, 0.3) is 0 Å². The van der Waals surface area contributed by atoms with Crippen molar-refractivity contribution in [3.05, 3.63) is 48.1 Å². The molecule has 0 radical (unpaired) electrons. The standard InChI is InChI=1S/C13H17F2N/c1-3-4-5-9-12(16-2)13-10(14)7-6-8-11(13)15/h3,6-8,12,16H,1,4-5,9H2,2H3. The van der Waals surface area contributed by atoms with Crippen LogP contribution in [0.3, 0.4) is 0 Å². The fourth-order valence-electron chi connectivity index (χ4n) is 1.74. The first-order valence-corrected chi connectivity index (χ1v) is 5.42. The molecule has 1 unspecified atom stereocenters. The third-order valence-corrected chi connectivity index (χ3v) is 2.60. The molecule has 0 fully saturated rings. The first kappa shape index (κ1) is 12.8. The minimum atomic E-state index is -0.488. The van der Waals surface area contributed by atoms with E-state index in [0.29, 0.717) is 6.42 Å². The second-order valence-electron chi connectivity index (χ2n) is 3.70. The van der Waals surface area contributed by atoms with Crippen molar-refractivity contribution in [3.63, 3.8) is 0 Å². The smallest absolute Gasteiger partial charge is 0.130 e. The lowest BCUT2D eigenvalue weighted by molar-refractivity contribution is 0.463. The van der Waals surface area contributed by atoms with Gasteiger partial charge in [-0.25, -0.2) is 8.78 Å². The molecule has 1 nitrogen and oxygen atoms in total. The van der Waals surface area contributed by atoms with Gasteiger partial charge in [0.2, 0.25) is 0 Å². The van der Waals surface area contributed by atoms with Crippen LogP contribution in [0.1, 0.15) is 30.9 Å². The monoisotopic (exact) mass is 225 g/mol. The highest BCUT2D eigenvalue weighted by Crippen LogP contribution is 2.24. The number of allylic oxidation sites excluding steroid dienone is 1. The third-order valence-electron chi connectivity index (χ3n) is 2.60. The largest absolute Gasteiger partial charge is 0.313 e. The van der Waals surface area contributed by atoms with Gasteiger partial charge < -0.3 is 5.32 Å². The summed E-state index contributed by atoms with van der Waals surface area (Å²) in [5.74, 6) is -0.976. The molecule has 16 heavy (non-hydrogen) atoms. The van der Waals surface area contributed by atoms with Crippen molar-refractivity contribution in [1.82, 2.24) is 5.32 Å². The molecule has 0 heterocycles. The summed E-state index contributed by atoms with van der Waals surface area (Å²) in [6, 6.07) is 3.68. The van der Waals surface area contributed by atoms with E-state index in [2.05, 4.69) is 11.9 Å². The second kappa shape index (κ2) is 6.38. The van der Waals surface area contributed by atoms with Crippen LogP contribution in [0.4, 0.5) is 8.78 Å². The van der Waals surface area contributed by atoms with E-state index in [9.17, 15) is 8.78 Å². The first-order valence-electron chi connectivity index (χ1n) is 5.42. The summed E-state index contributed by atoms with van der Waals surface area (Å²) in [6.07, 6.45) is 4.22. The molecule has 1 aromatic carbocycles. The van der Waals surface area contributed by atoms with E-state index in [4.69, 9.17) is 0 Å². The molecule has 1 aromatic rings. The number of rotatable bonds is 6. The number of nitrogens with one attached hydrogen (secondary N) is 1. The normalized spacial score (nSPS) is 12.4. The zero-order valence-corrected chi connectivity index (χ0v) is 9.47. The maximum atomic E-state index is 13.5. The summed E-state index contributed by atoms with van der Waals surface area (Å²) < 4.78 is 27.0. The quantitative estimate of drug-likeness (QED) is 0.576. The van der Waals surface area contributed by atoms with Crippen LogP contribution in [0.15, 0.2) is 30.9 Å². The Labute approximate surface area is 95.2 Å². The molecule has 0 aliphatic heterocycles. The summed E-state index contributed by atoms with van der Waals surface area (Å²) >= 11 is 0. The van der Waals surface area contributed by atoms with Gasteiger partial charge in [-0.1, -0.05) is 12.1 Å². The van der Waals surface area contributed by atoms with E-state index in [1.807, 2.05) is 6.08 Å². The van der Waals surface area contributed by atoms with Crippen LogP contribution in [-0.2, 0) is 0 Å². The van der Waals surface area contributed by atoms with Gasteiger partial charge in [0.15, 0.2) is 0 Å². The first-order chi connectivity index (χ1) is 7.70. The molecule has 0 bridgehead atoms. The highest BCUT2D eigenvalue weighted by Gasteiger charge is 2.17. The van der Waals surface area contributed by atoms with Gasteiger partial charge in [0.05, 0.1) is 0 Å². The maximum absolute atomic E-state index is 13.5.